The summed E-state index contributed by atoms with van der Waals surface area (Å²) >= 11 is 0. The van der Waals surface area contributed by atoms with E-state index < -0.39 is 13.0 Å². The molecule has 0 spiro atoms. The summed E-state index contributed by atoms with van der Waals surface area (Å²) in [5.74, 6) is 0.613. The Morgan fingerprint density at radius 2 is 2.00 bits per heavy atom. The maximum Gasteiger partial charge on any atom is 0.351 e. The second-order valence-corrected chi connectivity index (χ2v) is 7.04. The molecule has 1 rings (SSSR count). The molecule has 5 nitrogen and oxygen atoms in total. The molecule has 0 radical (unpaired) electrons. The van der Waals surface area contributed by atoms with Crippen LogP contribution in [0.2, 0.25) is 0 Å². The second-order valence-electron chi connectivity index (χ2n) is 5.24. The van der Waals surface area contributed by atoms with Gasteiger partial charge in [-0.15, -0.1) is 0 Å². The maximum atomic E-state index is 11.3. The van der Waals surface area contributed by atoms with Crippen molar-refractivity contribution < 1.29 is 24.2 Å². The van der Waals surface area contributed by atoms with E-state index in [4.69, 9.17) is 4.74 Å². The molecule has 0 aliphatic heterocycles. The van der Waals surface area contributed by atoms with Gasteiger partial charge in [0.1, 0.15) is 5.75 Å². The van der Waals surface area contributed by atoms with Gasteiger partial charge in [0.2, 0.25) is 0 Å². The van der Waals surface area contributed by atoms with Crippen LogP contribution in [0, 0.1) is 0 Å². The average molecular weight is 300 g/mol. The largest absolute Gasteiger partial charge is 0.496 e. The van der Waals surface area contributed by atoms with E-state index in [9.17, 15) is 19.5 Å². The summed E-state index contributed by atoms with van der Waals surface area (Å²) in [4.78, 5) is 18.4. The van der Waals surface area contributed by atoms with Crippen LogP contribution < -0.4 is 4.74 Å². The van der Waals surface area contributed by atoms with Crippen LogP contribution in [-0.4, -0.2) is 22.0 Å². The van der Waals surface area contributed by atoms with Gasteiger partial charge in [-0.2, -0.15) is 0 Å². The van der Waals surface area contributed by atoms with E-state index in [0.29, 0.717) is 5.75 Å². The number of methoxy groups -OCH3 is 1. The minimum Gasteiger partial charge on any atom is -0.496 e. The summed E-state index contributed by atoms with van der Waals surface area (Å²) in [6.07, 6.45) is 1.53. The maximum absolute atomic E-state index is 11.3. The fourth-order valence-corrected chi connectivity index (χ4v) is 2.53. The van der Waals surface area contributed by atoms with Gasteiger partial charge in [-0.1, -0.05) is 26.0 Å². The first-order valence-corrected chi connectivity index (χ1v) is 7.77. The van der Waals surface area contributed by atoms with Crippen molar-refractivity contribution in [2.45, 2.75) is 32.8 Å². The van der Waals surface area contributed by atoms with E-state index in [2.05, 4.69) is 0 Å². The molecule has 0 bridgehead atoms. The van der Waals surface area contributed by atoms with Crippen LogP contribution in [-0.2, 0) is 16.6 Å². The summed E-state index contributed by atoms with van der Waals surface area (Å²) in [7, 11) is -2.71. The molecule has 0 fully saturated rings. The Bertz CT molecular complexity index is 557. The van der Waals surface area contributed by atoms with Crippen molar-refractivity contribution in [2.75, 3.05) is 7.11 Å². The lowest BCUT2D eigenvalue weighted by molar-refractivity contribution is 0.281. The molecule has 0 aromatic heterocycles. The van der Waals surface area contributed by atoms with Crippen LogP contribution in [0.1, 0.15) is 31.9 Å². The molecule has 0 saturated heterocycles. The van der Waals surface area contributed by atoms with Crippen LogP contribution >= 0.6 is 7.60 Å². The van der Waals surface area contributed by atoms with Crippen LogP contribution in [0.25, 0.3) is 0 Å². The first-order chi connectivity index (χ1) is 9.11. The van der Waals surface area contributed by atoms with Crippen molar-refractivity contribution in [2.24, 2.45) is 0 Å². The Labute approximate surface area is 119 Å². The molecule has 0 heterocycles. The fourth-order valence-electron chi connectivity index (χ4n) is 2.04. The van der Waals surface area contributed by atoms with Gasteiger partial charge < -0.3 is 19.6 Å². The third kappa shape index (κ3) is 3.93. The van der Waals surface area contributed by atoms with Crippen LogP contribution in [0.5, 0.6) is 5.75 Å². The topological polar surface area (TPSA) is 87.0 Å². The highest BCUT2D eigenvalue weighted by atomic mass is 31.2. The number of aliphatic hydroxyl groups excluding tert-OH is 1. The highest BCUT2D eigenvalue weighted by Gasteiger charge is 2.26. The summed E-state index contributed by atoms with van der Waals surface area (Å²) in [5, 5.41) is 9.23. The number of hydrogen-bond donors (Lipinski definition) is 3. The summed E-state index contributed by atoms with van der Waals surface area (Å²) in [6, 6.07) is 5.27. The van der Waals surface area contributed by atoms with E-state index >= 15 is 0 Å². The lowest BCUT2D eigenvalue weighted by atomic mass is 9.83. The van der Waals surface area contributed by atoms with E-state index in [1.807, 2.05) is 13.8 Å². The lowest BCUT2D eigenvalue weighted by Gasteiger charge is -2.25. The van der Waals surface area contributed by atoms with Crippen molar-refractivity contribution in [3.63, 3.8) is 0 Å². The summed E-state index contributed by atoms with van der Waals surface area (Å²) < 4.78 is 16.6. The lowest BCUT2D eigenvalue weighted by Crippen LogP contribution is -2.16. The normalized spacial score (nSPS) is 13.4. The molecular formula is C14H21O5P. The number of ether oxygens (including phenoxy) is 1. The van der Waals surface area contributed by atoms with Gasteiger partial charge in [-0.25, -0.2) is 0 Å². The van der Waals surface area contributed by atoms with Crippen LogP contribution in [0.15, 0.2) is 29.6 Å². The smallest absolute Gasteiger partial charge is 0.351 e. The second kappa shape index (κ2) is 6.10. The molecule has 0 unspecified atom stereocenters. The molecule has 1 aromatic rings. The third-order valence-electron chi connectivity index (χ3n) is 3.17. The number of allylic oxidation sites excluding steroid dienone is 2. The van der Waals surface area contributed by atoms with Crippen molar-refractivity contribution in [3.05, 3.63) is 40.7 Å². The molecule has 0 aliphatic rings. The summed E-state index contributed by atoms with van der Waals surface area (Å²) in [5.41, 5.74) is 0.845. The molecule has 1 aromatic carbocycles. The zero-order chi connectivity index (χ0) is 15.6. The SMILES string of the molecule is COc1ccc(CO)cc1C(C)(C)C=C(C)P(=O)(O)O. The Morgan fingerprint density at radius 1 is 1.40 bits per heavy atom. The molecular weight excluding hydrogens is 279 g/mol. The zero-order valence-corrected chi connectivity index (χ0v) is 13.0. The Balaban J connectivity index is 3.37. The van der Waals surface area contributed by atoms with Gasteiger partial charge in [-0.05, 0) is 24.6 Å². The zero-order valence-electron chi connectivity index (χ0n) is 12.1. The van der Waals surface area contributed by atoms with Gasteiger partial charge in [0, 0.05) is 16.3 Å². The molecule has 6 heteroatoms. The number of benzene rings is 1. The highest BCUT2D eigenvalue weighted by molar-refractivity contribution is 7.56. The minimum atomic E-state index is -4.25. The molecule has 0 aliphatic carbocycles. The van der Waals surface area contributed by atoms with Crippen molar-refractivity contribution in [3.8, 4) is 5.75 Å². The predicted molar refractivity (Wildman–Crippen MR) is 77.7 cm³/mol. The van der Waals surface area contributed by atoms with Crippen molar-refractivity contribution in [1.29, 1.82) is 0 Å². The monoisotopic (exact) mass is 300 g/mol. The fraction of sp³-hybridized carbons (Fsp3) is 0.429. The Hall–Kier alpha value is -1.13. The molecule has 0 saturated carbocycles. The van der Waals surface area contributed by atoms with E-state index in [-0.39, 0.29) is 11.9 Å². The van der Waals surface area contributed by atoms with E-state index in [1.165, 1.54) is 20.1 Å². The Morgan fingerprint density at radius 3 is 2.45 bits per heavy atom. The Kier molecular flexibility index (Phi) is 5.16. The average Bonchev–Trinajstić information content (AvgIpc) is 2.36. The number of hydrogen-bond acceptors (Lipinski definition) is 3. The van der Waals surface area contributed by atoms with Crippen LogP contribution in [0.3, 0.4) is 0 Å². The van der Waals surface area contributed by atoms with Gasteiger partial charge in [-0.3, -0.25) is 4.57 Å². The van der Waals surface area contributed by atoms with Crippen LogP contribution in [0.4, 0.5) is 0 Å². The molecule has 0 amide bonds. The van der Waals surface area contributed by atoms with Gasteiger partial charge in [0.05, 0.1) is 13.7 Å². The number of aliphatic hydroxyl groups is 1. The van der Waals surface area contributed by atoms with Gasteiger partial charge in [0.15, 0.2) is 0 Å². The minimum absolute atomic E-state index is 0.0129. The number of rotatable bonds is 5. The summed E-state index contributed by atoms with van der Waals surface area (Å²) in [6.45, 7) is 4.98. The molecule has 0 atom stereocenters. The first-order valence-electron chi connectivity index (χ1n) is 6.15. The molecule has 20 heavy (non-hydrogen) atoms. The van der Waals surface area contributed by atoms with E-state index in [0.717, 1.165) is 11.1 Å². The van der Waals surface area contributed by atoms with Crippen molar-refractivity contribution in [1.82, 2.24) is 0 Å². The third-order valence-corrected chi connectivity index (χ3v) is 4.22. The van der Waals surface area contributed by atoms with Gasteiger partial charge in [0.25, 0.3) is 0 Å². The highest BCUT2D eigenvalue weighted by Crippen LogP contribution is 2.47. The van der Waals surface area contributed by atoms with E-state index in [1.54, 1.807) is 18.2 Å². The molecule has 3 N–H and O–H groups in total. The first kappa shape index (κ1) is 16.9. The standard InChI is InChI=1S/C14H21O5P/c1-10(20(16,17)18)8-14(2,3)12-7-11(9-15)5-6-13(12)19-4/h5-8,15H,9H2,1-4H3,(H2,16,17,18). The quantitative estimate of drug-likeness (QED) is 0.727. The van der Waals surface area contributed by atoms with Crippen molar-refractivity contribution >= 4 is 7.60 Å². The predicted octanol–water partition coefficient (Wildman–Crippen LogP) is 2.55. The van der Waals surface area contributed by atoms with Gasteiger partial charge >= 0.3 is 7.60 Å². The molecule has 112 valence electrons.